The van der Waals surface area contributed by atoms with Gasteiger partial charge in [-0.2, -0.15) is 0 Å². The first-order chi connectivity index (χ1) is 18.8. The van der Waals surface area contributed by atoms with E-state index < -0.39 is 41.1 Å². The summed E-state index contributed by atoms with van der Waals surface area (Å²) in [4.78, 5) is 69.0. The van der Waals surface area contributed by atoms with Crippen molar-refractivity contribution in [2.24, 2.45) is 5.92 Å². The maximum absolute atomic E-state index is 14.0. The van der Waals surface area contributed by atoms with E-state index in [1.165, 1.54) is 35.2 Å². The molecule has 0 N–H and O–H groups in total. The molecule has 10 heteroatoms. The van der Waals surface area contributed by atoms with Crippen molar-refractivity contribution in [3.63, 3.8) is 0 Å². The molecule has 0 radical (unpaired) electrons. The zero-order valence-corrected chi connectivity index (χ0v) is 20.9. The Morgan fingerprint density at radius 1 is 0.846 bits per heavy atom. The summed E-state index contributed by atoms with van der Waals surface area (Å²) in [6, 6.07) is 19.3. The van der Waals surface area contributed by atoms with Crippen LogP contribution in [0.2, 0.25) is 0 Å². The van der Waals surface area contributed by atoms with Crippen LogP contribution in [-0.4, -0.2) is 46.0 Å². The van der Waals surface area contributed by atoms with Crippen molar-refractivity contribution < 1.29 is 24.1 Å². The van der Waals surface area contributed by atoms with Gasteiger partial charge in [0.1, 0.15) is 6.54 Å². The maximum Gasteiger partial charge on any atom is 0.271 e. The molecule has 1 fully saturated rings. The Bertz CT molecular complexity index is 1500. The zero-order valence-electron chi connectivity index (χ0n) is 20.9. The van der Waals surface area contributed by atoms with Gasteiger partial charge in [-0.3, -0.25) is 34.2 Å². The smallest absolute Gasteiger partial charge is 0.271 e. The SMILES string of the molecule is O=C1c2ccccc2C(=O)N1CC(=O)N1c2cc([N+](=O)[O-])ccc2N(Cc2ccccc2)C(=O)[C@H]2CCC[C@H]21. The summed E-state index contributed by atoms with van der Waals surface area (Å²) >= 11 is 0. The largest absolute Gasteiger partial charge is 0.306 e. The fraction of sp³-hybridized carbons (Fsp3) is 0.241. The minimum absolute atomic E-state index is 0.160. The molecule has 1 aliphatic carbocycles. The lowest BCUT2D eigenvalue weighted by molar-refractivity contribution is -0.384. The molecule has 39 heavy (non-hydrogen) atoms. The molecule has 1 saturated carbocycles. The van der Waals surface area contributed by atoms with E-state index in [1.807, 2.05) is 30.3 Å². The molecule has 2 aliphatic heterocycles. The monoisotopic (exact) mass is 524 g/mol. The Morgan fingerprint density at radius 2 is 1.51 bits per heavy atom. The number of hydrogen-bond acceptors (Lipinski definition) is 6. The number of anilines is 2. The Labute approximate surface area is 223 Å². The van der Waals surface area contributed by atoms with E-state index in [0.29, 0.717) is 24.9 Å². The lowest BCUT2D eigenvalue weighted by Gasteiger charge is -2.31. The normalized spacial score (nSPS) is 20.0. The summed E-state index contributed by atoms with van der Waals surface area (Å²) in [7, 11) is 0. The number of carbonyl (C=O) groups is 4. The first kappa shape index (κ1) is 24.5. The van der Waals surface area contributed by atoms with Gasteiger partial charge >= 0.3 is 0 Å². The van der Waals surface area contributed by atoms with Crippen LogP contribution in [0.4, 0.5) is 17.1 Å². The Hall–Kier alpha value is -4.86. The van der Waals surface area contributed by atoms with Gasteiger partial charge < -0.3 is 9.80 Å². The molecule has 0 unspecified atom stereocenters. The zero-order chi connectivity index (χ0) is 27.3. The standard InChI is InChI=1S/C29H24N4O6/c34-26(17-31-27(35)20-9-4-5-10-21(20)28(31)36)32-23-12-6-11-22(23)29(37)30(16-18-7-2-1-3-8-18)24-14-13-19(33(38)39)15-25(24)32/h1-5,7-10,13-15,22-23H,6,11-12,16-17H2/t22-,23+/m0/s1. The highest BCUT2D eigenvalue weighted by Gasteiger charge is 2.47. The molecule has 6 rings (SSSR count). The van der Waals surface area contributed by atoms with E-state index >= 15 is 0 Å². The molecular weight excluding hydrogens is 500 g/mol. The average Bonchev–Trinajstić information content (AvgIpc) is 3.49. The van der Waals surface area contributed by atoms with Crippen molar-refractivity contribution >= 4 is 40.7 Å². The van der Waals surface area contributed by atoms with Gasteiger partial charge in [-0.25, -0.2) is 0 Å². The molecule has 2 heterocycles. The fourth-order valence-electron chi connectivity index (χ4n) is 5.92. The lowest BCUT2D eigenvalue weighted by Crippen LogP contribution is -2.49. The molecule has 2 atom stereocenters. The molecule has 0 spiro atoms. The Kier molecular flexibility index (Phi) is 5.94. The minimum Gasteiger partial charge on any atom is -0.306 e. The molecule has 3 aliphatic rings. The number of hydrogen-bond donors (Lipinski definition) is 0. The summed E-state index contributed by atoms with van der Waals surface area (Å²) in [5.74, 6) is -2.39. The van der Waals surface area contributed by atoms with Gasteiger partial charge in [0.2, 0.25) is 11.8 Å². The van der Waals surface area contributed by atoms with Crippen molar-refractivity contribution in [2.45, 2.75) is 31.8 Å². The molecular formula is C29H24N4O6. The minimum atomic E-state index is -0.572. The molecule has 0 aromatic heterocycles. The first-order valence-electron chi connectivity index (χ1n) is 12.8. The van der Waals surface area contributed by atoms with Crippen LogP contribution in [0.15, 0.2) is 72.8 Å². The van der Waals surface area contributed by atoms with Crippen LogP contribution in [0, 0.1) is 16.0 Å². The quantitative estimate of drug-likeness (QED) is 0.283. The second-order valence-electron chi connectivity index (χ2n) is 9.95. The number of non-ortho nitro benzene ring substituents is 1. The predicted molar refractivity (Wildman–Crippen MR) is 141 cm³/mol. The number of amides is 4. The van der Waals surface area contributed by atoms with Gasteiger partial charge in [-0.05, 0) is 36.6 Å². The summed E-state index contributed by atoms with van der Waals surface area (Å²) in [5.41, 5.74) is 1.70. The highest BCUT2D eigenvalue weighted by Crippen LogP contribution is 2.45. The first-order valence-corrected chi connectivity index (χ1v) is 12.8. The van der Waals surface area contributed by atoms with Gasteiger partial charge in [0.15, 0.2) is 0 Å². The summed E-state index contributed by atoms with van der Waals surface area (Å²) in [6.07, 6.45) is 1.77. The van der Waals surface area contributed by atoms with Crippen LogP contribution in [0.3, 0.4) is 0 Å². The molecule has 3 aromatic carbocycles. The van der Waals surface area contributed by atoms with Gasteiger partial charge in [0, 0.05) is 18.2 Å². The maximum atomic E-state index is 14.0. The number of nitrogens with zero attached hydrogens (tertiary/aromatic N) is 4. The van der Waals surface area contributed by atoms with Crippen LogP contribution in [0.5, 0.6) is 0 Å². The summed E-state index contributed by atoms with van der Waals surface area (Å²) in [5, 5.41) is 11.7. The topological polar surface area (TPSA) is 121 Å². The summed E-state index contributed by atoms with van der Waals surface area (Å²) in [6.45, 7) is -0.307. The van der Waals surface area contributed by atoms with E-state index in [4.69, 9.17) is 0 Å². The third-order valence-corrected chi connectivity index (χ3v) is 7.74. The van der Waals surface area contributed by atoms with Gasteiger partial charge in [-0.1, -0.05) is 48.9 Å². The number of carbonyl (C=O) groups excluding carboxylic acids is 4. The van der Waals surface area contributed by atoms with E-state index in [1.54, 1.807) is 17.0 Å². The highest BCUT2D eigenvalue weighted by molar-refractivity contribution is 6.23. The van der Waals surface area contributed by atoms with Gasteiger partial charge in [0.05, 0.1) is 39.9 Å². The fourth-order valence-corrected chi connectivity index (χ4v) is 5.92. The van der Waals surface area contributed by atoms with Crippen molar-refractivity contribution in [3.8, 4) is 0 Å². The van der Waals surface area contributed by atoms with Gasteiger partial charge in [-0.15, -0.1) is 0 Å². The second-order valence-corrected chi connectivity index (χ2v) is 9.95. The predicted octanol–water partition coefficient (Wildman–Crippen LogP) is 3.94. The molecule has 196 valence electrons. The number of nitro benzene ring substituents is 1. The Balaban J connectivity index is 1.43. The number of imide groups is 1. The third-order valence-electron chi connectivity index (χ3n) is 7.74. The molecule has 0 bridgehead atoms. The van der Waals surface area contributed by atoms with E-state index in [-0.39, 0.29) is 35.0 Å². The average molecular weight is 525 g/mol. The molecule has 10 nitrogen and oxygen atoms in total. The van der Waals surface area contributed by atoms with Crippen molar-refractivity contribution in [1.29, 1.82) is 0 Å². The van der Waals surface area contributed by atoms with Crippen LogP contribution >= 0.6 is 0 Å². The highest BCUT2D eigenvalue weighted by atomic mass is 16.6. The van der Waals surface area contributed by atoms with E-state index in [2.05, 4.69) is 0 Å². The van der Waals surface area contributed by atoms with Crippen molar-refractivity contribution in [3.05, 3.63) is 99.6 Å². The van der Waals surface area contributed by atoms with Crippen LogP contribution in [-0.2, 0) is 16.1 Å². The van der Waals surface area contributed by atoms with Crippen LogP contribution < -0.4 is 9.80 Å². The Morgan fingerprint density at radius 3 is 2.18 bits per heavy atom. The summed E-state index contributed by atoms with van der Waals surface area (Å²) < 4.78 is 0. The van der Waals surface area contributed by atoms with Crippen LogP contribution in [0.25, 0.3) is 0 Å². The van der Waals surface area contributed by atoms with E-state index in [9.17, 15) is 29.3 Å². The molecule has 3 aromatic rings. The van der Waals surface area contributed by atoms with E-state index in [0.717, 1.165) is 10.5 Å². The van der Waals surface area contributed by atoms with Crippen LogP contribution in [0.1, 0.15) is 45.5 Å². The molecule has 0 saturated heterocycles. The van der Waals surface area contributed by atoms with Crippen molar-refractivity contribution in [2.75, 3.05) is 16.3 Å². The number of benzene rings is 3. The number of nitro groups is 1. The molecule has 4 amide bonds. The van der Waals surface area contributed by atoms with Gasteiger partial charge in [0.25, 0.3) is 17.5 Å². The third kappa shape index (κ3) is 4.04. The number of rotatable bonds is 5. The second kappa shape index (κ2) is 9.46. The van der Waals surface area contributed by atoms with Crippen molar-refractivity contribution in [1.82, 2.24) is 4.90 Å². The number of fused-ring (bicyclic) bond motifs is 3. The lowest BCUT2D eigenvalue weighted by atomic mass is 10.0.